The zero-order chi connectivity index (χ0) is 18.1. The predicted molar refractivity (Wildman–Crippen MR) is 95.0 cm³/mol. The molecule has 0 bridgehead atoms. The number of hydrogen-bond acceptors (Lipinski definition) is 8. The molecule has 1 unspecified atom stereocenters. The standard InChI is InChI=1S/C17H17N5O3S/c1-9(24-2)16-20-21-17(26-16)19-14(23)11-5-3-10(4-6-11)13-18-15(25-22-13)12-7-8-12/h3-6,9,12H,7-8H2,1-2H3,(H,19,21,23). The molecule has 9 heteroatoms. The van der Waals surface area contributed by atoms with Gasteiger partial charge in [0.05, 0.1) is 0 Å². The smallest absolute Gasteiger partial charge is 0.257 e. The van der Waals surface area contributed by atoms with Crippen molar-refractivity contribution in [2.24, 2.45) is 0 Å². The first kappa shape index (κ1) is 16.8. The van der Waals surface area contributed by atoms with E-state index in [1.165, 1.54) is 11.3 Å². The lowest BCUT2D eigenvalue weighted by atomic mass is 10.1. The van der Waals surface area contributed by atoms with Gasteiger partial charge in [-0.15, -0.1) is 10.2 Å². The van der Waals surface area contributed by atoms with Crippen molar-refractivity contribution in [1.29, 1.82) is 0 Å². The molecule has 1 atom stereocenters. The third-order valence-electron chi connectivity index (χ3n) is 4.14. The van der Waals surface area contributed by atoms with Crippen molar-refractivity contribution in [2.45, 2.75) is 31.8 Å². The second-order valence-electron chi connectivity index (χ2n) is 6.09. The number of rotatable bonds is 6. The Bertz CT molecular complexity index is 917. The van der Waals surface area contributed by atoms with E-state index in [4.69, 9.17) is 9.26 Å². The molecular formula is C17H17N5O3S. The van der Waals surface area contributed by atoms with Gasteiger partial charge >= 0.3 is 0 Å². The van der Waals surface area contributed by atoms with Crippen molar-refractivity contribution in [3.8, 4) is 11.4 Å². The summed E-state index contributed by atoms with van der Waals surface area (Å²) in [5.41, 5.74) is 1.32. The van der Waals surface area contributed by atoms with Crippen molar-refractivity contribution >= 4 is 22.4 Å². The van der Waals surface area contributed by atoms with E-state index in [2.05, 4.69) is 25.7 Å². The lowest BCUT2D eigenvalue weighted by molar-refractivity contribution is 0.102. The third kappa shape index (κ3) is 3.49. The van der Waals surface area contributed by atoms with Crippen molar-refractivity contribution in [2.75, 3.05) is 12.4 Å². The van der Waals surface area contributed by atoms with E-state index in [1.807, 2.05) is 6.92 Å². The predicted octanol–water partition coefficient (Wildman–Crippen LogP) is 3.43. The molecule has 0 saturated heterocycles. The molecule has 0 spiro atoms. The lowest BCUT2D eigenvalue weighted by Crippen LogP contribution is -2.11. The zero-order valence-electron chi connectivity index (χ0n) is 14.3. The maximum Gasteiger partial charge on any atom is 0.257 e. The fraction of sp³-hybridized carbons (Fsp3) is 0.353. The van der Waals surface area contributed by atoms with Crippen LogP contribution in [-0.4, -0.2) is 33.4 Å². The average molecular weight is 371 g/mol. The lowest BCUT2D eigenvalue weighted by Gasteiger charge is -2.03. The molecule has 1 aliphatic carbocycles. The number of hydrogen-bond donors (Lipinski definition) is 1. The SMILES string of the molecule is COC(C)c1nnc(NC(=O)c2ccc(-c3noc(C4CC4)n3)cc2)s1. The molecule has 0 radical (unpaired) electrons. The van der Waals surface area contributed by atoms with E-state index in [9.17, 15) is 4.79 Å². The number of methoxy groups -OCH3 is 1. The number of carbonyl (C=O) groups is 1. The Balaban J connectivity index is 1.43. The van der Waals surface area contributed by atoms with E-state index in [-0.39, 0.29) is 12.0 Å². The second-order valence-corrected chi connectivity index (χ2v) is 7.09. The third-order valence-corrected chi connectivity index (χ3v) is 5.14. The molecule has 1 fully saturated rings. The molecule has 134 valence electrons. The molecule has 1 saturated carbocycles. The number of nitrogens with zero attached hydrogens (tertiary/aromatic N) is 4. The molecule has 3 aromatic rings. The minimum atomic E-state index is -0.254. The number of nitrogens with one attached hydrogen (secondary N) is 1. The first-order valence-electron chi connectivity index (χ1n) is 8.25. The highest BCUT2D eigenvalue weighted by Crippen LogP contribution is 2.39. The van der Waals surface area contributed by atoms with Gasteiger partial charge < -0.3 is 9.26 Å². The van der Waals surface area contributed by atoms with E-state index < -0.39 is 0 Å². The monoisotopic (exact) mass is 371 g/mol. The molecular weight excluding hydrogens is 354 g/mol. The Hall–Kier alpha value is -2.65. The Labute approximate surface area is 153 Å². The molecule has 1 amide bonds. The highest BCUT2D eigenvalue weighted by molar-refractivity contribution is 7.15. The highest BCUT2D eigenvalue weighted by Gasteiger charge is 2.29. The molecule has 26 heavy (non-hydrogen) atoms. The van der Waals surface area contributed by atoms with Crippen LogP contribution in [-0.2, 0) is 4.74 Å². The van der Waals surface area contributed by atoms with Gasteiger partial charge in [-0.1, -0.05) is 28.6 Å². The first-order chi connectivity index (χ1) is 12.6. The fourth-order valence-electron chi connectivity index (χ4n) is 2.34. The van der Waals surface area contributed by atoms with Crippen LogP contribution < -0.4 is 5.32 Å². The maximum atomic E-state index is 12.4. The number of carbonyl (C=O) groups excluding carboxylic acids is 1. The molecule has 2 heterocycles. The van der Waals surface area contributed by atoms with Crippen molar-refractivity contribution < 1.29 is 14.1 Å². The van der Waals surface area contributed by atoms with Gasteiger partial charge in [0.2, 0.25) is 16.8 Å². The van der Waals surface area contributed by atoms with Crippen molar-refractivity contribution in [3.63, 3.8) is 0 Å². The Kier molecular flexibility index (Phi) is 4.48. The largest absolute Gasteiger partial charge is 0.374 e. The van der Waals surface area contributed by atoms with Gasteiger partial charge in [-0.3, -0.25) is 10.1 Å². The molecule has 8 nitrogen and oxygen atoms in total. The minimum absolute atomic E-state index is 0.159. The fourth-order valence-corrected chi connectivity index (χ4v) is 3.11. The summed E-state index contributed by atoms with van der Waals surface area (Å²) in [7, 11) is 1.60. The highest BCUT2D eigenvalue weighted by atomic mass is 32.1. The Morgan fingerprint density at radius 3 is 2.77 bits per heavy atom. The number of anilines is 1. The maximum absolute atomic E-state index is 12.4. The molecule has 1 N–H and O–H groups in total. The summed E-state index contributed by atoms with van der Waals surface area (Å²) in [6.45, 7) is 1.87. The summed E-state index contributed by atoms with van der Waals surface area (Å²) in [5, 5.41) is 15.9. The molecule has 2 aromatic heterocycles. The van der Waals surface area contributed by atoms with Gasteiger partial charge in [-0.25, -0.2) is 0 Å². The van der Waals surface area contributed by atoms with E-state index >= 15 is 0 Å². The number of amides is 1. The molecule has 1 aromatic carbocycles. The Morgan fingerprint density at radius 2 is 2.08 bits per heavy atom. The van der Waals surface area contributed by atoms with Crippen LogP contribution in [0.5, 0.6) is 0 Å². The van der Waals surface area contributed by atoms with E-state index in [0.29, 0.717) is 33.3 Å². The summed E-state index contributed by atoms with van der Waals surface area (Å²) < 4.78 is 10.5. The summed E-state index contributed by atoms with van der Waals surface area (Å²) >= 11 is 1.29. The Morgan fingerprint density at radius 1 is 1.31 bits per heavy atom. The number of ether oxygens (including phenoxy) is 1. The summed E-state index contributed by atoms with van der Waals surface area (Å²) in [6, 6.07) is 7.04. The number of aromatic nitrogens is 4. The van der Waals surface area contributed by atoms with Crippen LogP contribution >= 0.6 is 11.3 Å². The molecule has 1 aliphatic rings. The first-order valence-corrected chi connectivity index (χ1v) is 9.07. The summed E-state index contributed by atoms with van der Waals surface area (Å²) in [5.74, 6) is 1.40. The average Bonchev–Trinajstić information content (AvgIpc) is 3.21. The van der Waals surface area contributed by atoms with Crippen molar-refractivity contribution in [1.82, 2.24) is 20.3 Å². The van der Waals surface area contributed by atoms with Crippen molar-refractivity contribution in [3.05, 3.63) is 40.7 Å². The van der Waals surface area contributed by atoms with Gasteiger partial charge in [0.1, 0.15) is 11.1 Å². The van der Waals surface area contributed by atoms with Crippen LogP contribution in [0.3, 0.4) is 0 Å². The van der Waals surface area contributed by atoms with E-state index in [1.54, 1.807) is 31.4 Å². The minimum Gasteiger partial charge on any atom is -0.374 e. The van der Waals surface area contributed by atoms with Crippen LogP contribution in [0.25, 0.3) is 11.4 Å². The second kappa shape index (κ2) is 6.93. The van der Waals surface area contributed by atoms with Gasteiger partial charge in [0, 0.05) is 24.2 Å². The quantitative estimate of drug-likeness (QED) is 0.708. The summed E-state index contributed by atoms with van der Waals surface area (Å²) in [4.78, 5) is 16.8. The van der Waals surface area contributed by atoms with Crippen LogP contribution in [0.4, 0.5) is 5.13 Å². The van der Waals surface area contributed by atoms with Crippen LogP contribution in [0, 0.1) is 0 Å². The van der Waals surface area contributed by atoms with Gasteiger partial charge in [0.15, 0.2) is 0 Å². The number of benzene rings is 1. The zero-order valence-corrected chi connectivity index (χ0v) is 15.1. The van der Waals surface area contributed by atoms with Crippen LogP contribution in [0.1, 0.15) is 53.0 Å². The topological polar surface area (TPSA) is 103 Å². The molecule has 0 aliphatic heterocycles. The van der Waals surface area contributed by atoms with Gasteiger partial charge in [-0.2, -0.15) is 4.98 Å². The normalized spacial score (nSPS) is 15.0. The van der Waals surface area contributed by atoms with Gasteiger partial charge in [-0.05, 0) is 31.9 Å². The summed E-state index contributed by atoms with van der Waals surface area (Å²) in [6.07, 6.45) is 2.06. The van der Waals surface area contributed by atoms with Crippen LogP contribution in [0.2, 0.25) is 0 Å². The van der Waals surface area contributed by atoms with Gasteiger partial charge in [0.25, 0.3) is 5.91 Å². The molecule has 4 rings (SSSR count). The van der Waals surface area contributed by atoms with Crippen LogP contribution in [0.15, 0.2) is 28.8 Å². The van der Waals surface area contributed by atoms with E-state index in [0.717, 1.165) is 18.4 Å².